The van der Waals surface area contributed by atoms with E-state index in [0.29, 0.717) is 6.42 Å². The lowest BCUT2D eigenvalue weighted by Crippen LogP contribution is -2.54. The number of nitrogens with zero attached hydrogens (tertiary/aromatic N) is 1. The average Bonchev–Trinajstić information content (AvgIpc) is 2.92. The van der Waals surface area contributed by atoms with Crippen molar-refractivity contribution in [3.8, 4) is 0 Å². The van der Waals surface area contributed by atoms with Crippen molar-refractivity contribution in [2.24, 2.45) is 5.41 Å². The Kier molecular flexibility index (Phi) is 6.93. The first kappa shape index (κ1) is 18.2. The summed E-state index contributed by atoms with van der Waals surface area (Å²) in [6.45, 7) is 1.78. The van der Waals surface area contributed by atoms with Crippen LogP contribution >= 0.6 is 0 Å². The number of halogens is 3. The third-order valence-corrected chi connectivity index (χ3v) is 4.05. The van der Waals surface area contributed by atoms with Gasteiger partial charge in [-0.2, -0.15) is 13.2 Å². The fourth-order valence-electron chi connectivity index (χ4n) is 2.71. The molecule has 1 aliphatic heterocycles. The SMILES string of the molecule is CCCCCCN(CCO)C(=O)C1(C(F)(F)F)CCNC1. The van der Waals surface area contributed by atoms with E-state index < -0.39 is 17.5 Å². The molecule has 0 aromatic carbocycles. The maximum atomic E-state index is 13.4. The summed E-state index contributed by atoms with van der Waals surface area (Å²) in [5.41, 5.74) is -2.33. The van der Waals surface area contributed by atoms with E-state index in [9.17, 15) is 18.0 Å². The van der Waals surface area contributed by atoms with Gasteiger partial charge in [-0.1, -0.05) is 26.2 Å². The zero-order valence-corrected chi connectivity index (χ0v) is 12.5. The molecule has 7 heteroatoms. The van der Waals surface area contributed by atoms with Gasteiger partial charge in [-0.15, -0.1) is 0 Å². The van der Waals surface area contributed by atoms with Crippen LogP contribution < -0.4 is 5.32 Å². The van der Waals surface area contributed by atoms with Crippen LogP contribution in [0.5, 0.6) is 0 Å². The van der Waals surface area contributed by atoms with Gasteiger partial charge in [-0.25, -0.2) is 0 Å². The molecule has 4 nitrogen and oxygen atoms in total. The molecule has 0 aromatic rings. The van der Waals surface area contributed by atoms with Gasteiger partial charge in [0.25, 0.3) is 0 Å². The predicted molar refractivity (Wildman–Crippen MR) is 73.8 cm³/mol. The van der Waals surface area contributed by atoms with Crippen LogP contribution in [0.1, 0.15) is 39.0 Å². The van der Waals surface area contributed by atoms with Gasteiger partial charge in [-0.3, -0.25) is 4.79 Å². The largest absolute Gasteiger partial charge is 0.404 e. The number of amides is 1. The molecule has 1 unspecified atom stereocenters. The number of nitrogens with one attached hydrogen (secondary N) is 1. The molecule has 0 aromatic heterocycles. The molecule has 1 saturated heterocycles. The predicted octanol–water partition coefficient (Wildman–Crippen LogP) is 1.93. The van der Waals surface area contributed by atoms with Crippen molar-refractivity contribution >= 4 is 5.91 Å². The summed E-state index contributed by atoms with van der Waals surface area (Å²) >= 11 is 0. The number of rotatable bonds is 8. The molecule has 0 saturated carbocycles. The molecule has 1 atom stereocenters. The van der Waals surface area contributed by atoms with Gasteiger partial charge >= 0.3 is 6.18 Å². The average molecular weight is 310 g/mol. The second kappa shape index (κ2) is 7.98. The summed E-state index contributed by atoms with van der Waals surface area (Å²) in [6, 6.07) is 0. The third-order valence-electron chi connectivity index (χ3n) is 4.05. The zero-order chi connectivity index (χ0) is 15.9. The van der Waals surface area contributed by atoms with Gasteiger partial charge in [0.05, 0.1) is 6.61 Å². The molecule has 21 heavy (non-hydrogen) atoms. The summed E-state index contributed by atoms with van der Waals surface area (Å²) in [4.78, 5) is 13.6. The van der Waals surface area contributed by atoms with E-state index in [1.54, 1.807) is 0 Å². The van der Waals surface area contributed by atoms with Crippen molar-refractivity contribution in [1.82, 2.24) is 10.2 Å². The first-order valence-corrected chi connectivity index (χ1v) is 7.56. The van der Waals surface area contributed by atoms with E-state index in [-0.39, 0.29) is 39.2 Å². The highest BCUT2D eigenvalue weighted by Crippen LogP contribution is 2.44. The zero-order valence-electron chi connectivity index (χ0n) is 12.5. The fraction of sp³-hybridized carbons (Fsp3) is 0.929. The van der Waals surface area contributed by atoms with Gasteiger partial charge in [-0.05, 0) is 19.4 Å². The van der Waals surface area contributed by atoms with Crippen LogP contribution in [0.25, 0.3) is 0 Å². The Labute approximate surface area is 123 Å². The van der Waals surface area contributed by atoms with Crippen molar-refractivity contribution < 1.29 is 23.1 Å². The van der Waals surface area contributed by atoms with Gasteiger partial charge < -0.3 is 15.3 Å². The second-order valence-corrected chi connectivity index (χ2v) is 5.58. The van der Waals surface area contributed by atoms with Crippen molar-refractivity contribution in [1.29, 1.82) is 0 Å². The molecule has 1 rings (SSSR count). The van der Waals surface area contributed by atoms with Crippen LogP contribution in [0, 0.1) is 5.41 Å². The van der Waals surface area contributed by atoms with Crippen molar-refractivity contribution in [2.45, 2.75) is 45.2 Å². The number of aliphatic hydroxyl groups excluding tert-OH is 1. The minimum atomic E-state index is -4.56. The first-order valence-electron chi connectivity index (χ1n) is 7.56. The highest BCUT2D eigenvalue weighted by Gasteiger charge is 2.62. The van der Waals surface area contributed by atoms with E-state index in [2.05, 4.69) is 5.32 Å². The molecule has 0 bridgehead atoms. The molecule has 1 heterocycles. The van der Waals surface area contributed by atoms with Gasteiger partial charge in [0.1, 0.15) is 0 Å². The molecule has 0 aliphatic carbocycles. The summed E-state index contributed by atoms with van der Waals surface area (Å²) in [5, 5.41) is 11.7. The highest BCUT2D eigenvalue weighted by atomic mass is 19.4. The van der Waals surface area contributed by atoms with Crippen LogP contribution in [-0.4, -0.2) is 54.9 Å². The Morgan fingerprint density at radius 3 is 2.48 bits per heavy atom. The Bertz CT molecular complexity index is 329. The fourth-order valence-corrected chi connectivity index (χ4v) is 2.71. The number of aliphatic hydroxyl groups is 1. The highest BCUT2D eigenvalue weighted by molar-refractivity contribution is 5.84. The van der Waals surface area contributed by atoms with Crippen molar-refractivity contribution in [3.05, 3.63) is 0 Å². The topological polar surface area (TPSA) is 52.6 Å². The van der Waals surface area contributed by atoms with Crippen LogP contribution in [0.4, 0.5) is 13.2 Å². The van der Waals surface area contributed by atoms with E-state index in [1.807, 2.05) is 6.92 Å². The molecule has 124 valence electrons. The molecule has 1 aliphatic rings. The Hall–Kier alpha value is -0.820. The third kappa shape index (κ3) is 4.32. The molecule has 0 spiro atoms. The van der Waals surface area contributed by atoms with E-state index >= 15 is 0 Å². The number of hydrogen-bond acceptors (Lipinski definition) is 3. The molecule has 0 radical (unpaired) electrons. The number of carbonyl (C=O) groups excluding carboxylic acids is 1. The smallest absolute Gasteiger partial charge is 0.395 e. The van der Waals surface area contributed by atoms with Gasteiger partial charge in [0.2, 0.25) is 5.91 Å². The lowest BCUT2D eigenvalue weighted by atomic mass is 9.84. The Balaban J connectivity index is 2.77. The van der Waals surface area contributed by atoms with Crippen LogP contribution in [0.3, 0.4) is 0 Å². The lowest BCUT2D eigenvalue weighted by Gasteiger charge is -2.35. The quantitative estimate of drug-likeness (QED) is 0.674. The summed E-state index contributed by atoms with van der Waals surface area (Å²) in [7, 11) is 0. The summed E-state index contributed by atoms with van der Waals surface area (Å²) < 4.78 is 40.1. The van der Waals surface area contributed by atoms with Crippen LogP contribution in [-0.2, 0) is 4.79 Å². The van der Waals surface area contributed by atoms with E-state index in [1.165, 1.54) is 4.90 Å². The molecule has 1 fully saturated rings. The second-order valence-electron chi connectivity index (χ2n) is 5.58. The Morgan fingerprint density at radius 2 is 2.00 bits per heavy atom. The Morgan fingerprint density at radius 1 is 1.29 bits per heavy atom. The van der Waals surface area contributed by atoms with Gasteiger partial charge in [0, 0.05) is 19.6 Å². The van der Waals surface area contributed by atoms with Gasteiger partial charge in [0.15, 0.2) is 5.41 Å². The molecule has 2 N–H and O–H groups in total. The molecular weight excluding hydrogens is 285 g/mol. The maximum absolute atomic E-state index is 13.4. The number of alkyl halides is 3. The number of hydrogen-bond donors (Lipinski definition) is 2. The standard InChI is InChI=1S/C14H25F3N2O2/c1-2-3-4-5-8-19(9-10-20)12(21)13(14(15,16)17)6-7-18-11-13/h18,20H,2-11H2,1H3. The van der Waals surface area contributed by atoms with Crippen molar-refractivity contribution in [3.63, 3.8) is 0 Å². The molecular formula is C14H25F3N2O2. The van der Waals surface area contributed by atoms with E-state index in [4.69, 9.17) is 5.11 Å². The number of unbranched alkanes of at least 4 members (excludes halogenated alkanes) is 3. The summed E-state index contributed by atoms with van der Waals surface area (Å²) in [5.74, 6) is -0.898. The normalized spacial score (nSPS) is 22.5. The monoisotopic (exact) mass is 310 g/mol. The minimum Gasteiger partial charge on any atom is -0.395 e. The number of carbonyl (C=O) groups is 1. The maximum Gasteiger partial charge on any atom is 0.404 e. The minimum absolute atomic E-state index is 0.0389. The summed E-state index contributed by atoms with van der Waals surface area (Å²) in [6.07, 6.45) is -1.24. The van der Waals surface area contributed by atoms with Crippen LogP contribution in [0.2, 0.25) is 0 Å². The first-order chi connectivity index (χ1) is 9.89. The van der Waals surface area contributed by atoms with Crippen LogP contribution in [0.15, 0.2) is 0 Å². The molecule has 1 amide bonds. The van der Waals surface area contributed by atoms with Crippen molar-refractivity contribution in [2.75, 3.05) is 32.8 Å². The van der Waals surface area contributed by atoms with E-state index in [0.717, 1.165) is 19.3 Å². The lowest BCUT2D eigenvalue weighted by molar-refractivity contribution is -0.222.